The number of alkyl halides is 2. The van der Waals surface area contributed by atoms with Gasteiger partial charge >= 0.3 is 6.61 Å². The third-order valence-corrected chi connectivity index (χ3v) is 4.81. The number of ether oxygens (including phenoxy) is 1. The molecule has 0 fully saturated rings. The molecule has 0 N–H and O–H groups in total. The largest absolute Gasteiger partial charge is 0.435 e. The highest BCUT2D eigenvalue weighted by Crippen LogP contribution is 2.24. The maximum Gasteiger partial charge on any atom is 0.387 e. The van der Waals surface area contributed by atoms with Gasteiger partial charge in [0.1, 0.15) is 5.75 Å². The predicted molar refractivity (Wildman–Crippen MR) is 93.2 cm³/mol. The van der Waals surface area contributed by atoms with Crippen molar-refractivity contribution in [2.75, 3.05) is 7.05 Å². The number of thiazole rings is 1. The summed E-state index contributed by atoms with van der Waals surface area (Å²) in [6, 6.07) is 10.4. The summed E-state index contributed by atoms with van der Waals surface area (Å²) in [5, 5.41) is 8.40. The third kappa shape index (κ3) is 3.77. The number of hydrogen-bond donors (Lipinski definition) is 0. The average molecular weight is 365 g/mol. The van der Waals surface area contributed by atoms with Gasteiger partial charge in [0.15, 0.2) is 0 Å². The van der Waals surface area contributed by atoms with E-state index in [1.165, 1.54) is 23.5 Å². The summed E-state index contributed by atoms with van der Waals surface area (Å²) in [5.41, 5.74) is 1.67. The van der Waals surface area contributed by atoms with Crippen LogP contribution in [0.15, 0.2) is 57.3 Å². The van der Waals surface area contributed by atoms with E-state index in [4.69, 9.17) is 0 Å². The molecule has 0 saturated carbocycles. The fourth-order valence-corrected chi connectivity index (χ4v) is 3.43. The summed E-state index contributed by atoms with van der Waals surface area (Å²) >= 11 is 3.05. The van der Waals surface area contributed by atoms with Crippen LogP contribution in [0, 0.1) is 0 Å². The lowest BCUT2D eigenvalue weighted by atomic mass is 10.2. The number of nitrogens with zero attached hydrogens (tertiary/aromatic N) is 3. The smallest absolute Gasteiger partial charge is 0.387 e. The Morgan fingerprint density at radius 1 is 1.17 bits per heavy atom. The standard InChI is InChI=1S/C16H13F2N3OS2/c1-19-16-21(20-9-13-3-2-8-23-13)14(10-24-16)11-4-6-12(7-5-11)22-15(17)18/h2-10,15H,1H3/b19-16?,20-9-. The number of aromatic nitrogens is 1. The molecule has 2 aromatic heterocycles. The normalized spacial score (nSPS) is 12.4. The minimum Gasteiger partial charge on any atom is -0.435 e. The lowest BCUT2D eigenvalue weighted by Crippen LogP contribution is -2.11. The Morgan fingerprint density at radius 2 is 1.96 bits per heavy atom. The Bertz CT molecular complexity index is 881. The Hall–Kier alpha value is -2.32. The van der Waals surface area contributed by atoms with Crippen molar-refractivity contribution >= 4 is 28.9 Å². The van der Waals surface area contributed by atoms with Crippen molar-refractivity contribution in [2.24, 2.45) is 10.1 Å². The molecule has 0 bridgehead atoms. The van der Waals surface area contributed by atoms with Gasteiger partial charge in [0.05, 0.1) is 11.9 Å². The molecular weight excluding hydrogens is 352 g/mol. The van der Waals surface area contributed by atoms with E-state index in [1.54, 1.807) is 41.4 Å². The van der Waals surface area contributed by atoms with Crippen LogP contribution in [0.25, 0.3) is 11.3 Å². The van der Waals surface area contributed by atoms with Crippen molar-refractivity contribution in [3.63, 3.8) is 0 Å². The Kier molecular flexibility index (Phi) is 5.17. The number of halogens is 2. The first-order valence-corrected chi connectivity index (χ1v) is 8.70. The minimum absolute atomic E-state index is 0.123. The van der Waals surface area contributed by atoms with Gasteiger partial charge in [-0.1, -0.05) is 6.07 Å². The van der Waals surface area contributed by atoms with Crippen LogP contribution < -0.4 is 9.54 Å². The van der Waals surface area contributed by atoms with E-state index in [1.807, 2.05) is 22.9 Å². The topological polar surface area (TPSA) is 38.9 Å². The summed E-state index contributed by atoms with van der Waals surface area (Å²) in [6.45, 7) is -2.83. The maximum atomic E-state index is 12.2. The van der Waals surface area contributed by atoms with Gasteiger partial charge in [-0.2, -0.15) is 13.9 Å². The Labute approximate surface area is 145 Å². The van der Waals surface area contributed by atoms with E-state index >= 15 is 0 Å². The molecule has 1 aromatic carbocycles. The van der Waals surface area contributed by atoms with Crippen molar-refractivity contribution in [2.45, 2.75) is 6.61 Å². The van der Waals surface area contributed by atoms with Gasteiger partial charge in [0.25, 0.3) is 0 Å². The first kappa shape index (κ1) is 16.5. The summed E-state index contributed by atoms with van der Waals surface area (Å²) in [4.78, 5) is 5.99. The Morgan fingerprint density at radius 3 is 2.58 bits per heavy atom. The molecule has 0 saturated heterocycles. The van der Waals surface area contributed by atoms with Crippen LogP contribution in [-0.4, -0.2) is 24.5 Å². The van der Waals surface area contributed by atoms with Gasteiger partial charge in [-0.3, -0.25) is 4.99 Å². The van der Waals surface area contributed by atoms with Crippen molar-refractivity contribution in [1.82, 2.24) is 4.68 Å². The van der Waals surface area contributed by atoms with Gasteiger partial charge in [-0.25, -0.2) is 4.68 Å². The van der Waals surface area contributed by atoms with E-state index in [2.05, 4.69) is 14.8 Å². The van der Waals surface area contributed by atoms with Crippen molar-refractivity contribution in [3.8, 4) is 17.0 Å². The first-order chi connectivity index (χ1) is 11.7. The average Bonchev–Trinajstić information content (AvgIpc) is 3.22. The van der Waals surface area contributed by atoms with Crippen molar-refractivity contribution in [3.05, 3.63) is 56.8 Å². The van der Waals surface area contributed by atoms with E-state index in [-0.39, 0.29) is 5.75 Å². The fraction of sp³-hybridized carbons (Fsp3) is 0.125. The van der Waals surface area contributed by atoms with E-state index in [0.29, 0.717) is 0 Å². The molecule has 3 aromatic rings. The Balaban J connectivity index is 1.95. The van der Waals surface area contributed by atoms with Gasteiger partial charge in [-0.05, 0) is 35.7 Å². The highest BCUT2D eigenvalue weighted by atomic mass is 32.1. The monoisotopic (exact) mass is 365 g/mol. The van der Waals surface area contributed by atoms with Crippen LogP contribution in [0.5, 0.6) is 5.75 Å². The number of benzene rings is 1. The van der Waals surface area contributed by atoms with Crippen LogP contribution in [0.1, 0.15) is 4.88 Å². The van der Waals surface area contributed by atoms with Crippen molar-refractivity contribution in [1.29, 1.82) is 0 Å². The van der Waals surface area contributed by atoms with Gasteiger partial charge in [0.2, 0.25) is 4.80 Å². The summed E-state index contributed by atoms with van der Waals surface area (Å²) in [6.07, 6.45) is 1.77. The molecule has 0 radical (unpaired) electrons. The molecule has 0 atom stereocenters. The second-order valence-electron chi connectivity index (χ2n) is 4.60. The van der Waals surface area contributed by atoms with Gasteiger partial charge in [-0.15, -0.1) is 22.7 Å². The molecule has 8 heteroatoms. The van der Waals surface area contributed by atoms with Crippen molar-refractivity contribution < 1.29 is 13.5 Å². The predicted octanol–water partition coefficient (Wildman–Crippen LogP) is 4.29. The van der Waals surface area contributed by atoms with Gasteiger partial charge in [0, 0.05) is 22.9 Å². The summed E-state index contributed by atoms with van der Waals surface area (Å²) in [5.74, 6) is 0.123. The van der Waals surface area contributed by atoms with Crippen LogP contribution in [0.4, 0.5) is 8.78 Å². The van der Waals surface area contributed by atoms with E-state index < -0.39 is 6.61 Å². The molecule has 0 spiro atoms. The lowest BCUT2D eigenvalue weighted by molar-refractivity contribution is -0.0498. The highest BCUT2D eigenvalue weighted by molar-refractivity contribution is 7.11. The molecule has 0 aliphatic heterocycles. The van der Waals surface area contributed by atoms with Crippen LogP contribution in [-0.2, 0) is 0 Å². The molecular formula is C16H13F2N3OS2. The third-order valence-electron chi connectivity index (χ3n) is 3.10. The van der Waals surface area contributed by atoms with Crippen LogP contribution in [0.2, 0.25) is 0 Å². The first-order valence-electron chi connectivity index (χ1n) is 6.94. The second kappa shape index (κ2) is 7.50. The molecule has 0 unspecified atom stereocenters. The lowest BCUT2D eigenvalue weighted by Gasteiger charge is -2.06. The number of hydrogen-bond acceptors (Lipinski definition) is 5. The molecule has 0 aliphatic rings. The molecule has 4 nitrogen and oxygen atoms in total. The summed E-state index contributed by atoms with van der Waals surface area (Å²) in [7, 11) is 1.70. The molecule has 0 aliphatic carbocycles. The van der Waals surface area contributed by atoms with E-state index in [9.17, 15) is 8.78 Å². The number of thiophene rings is 1. The zero-order chi connectivity index (χ0) is 16.9. The maximum absolute atomic E-state index is 12.2. The molecule has 124 valence electrons. The summed E-state index contributed by atoms with van der Waals surface area (Å²) < 4.78 is 30.6. The second-order valence-corrected chi connectivity index (χ2v) is 6.42. The minimum atomic E-state index is -2.83. The van der Waals surface area contributed by atoms with Gasteiger partial charge < -0.3 is 4.74 Å². The number of rotatable bonds is 5. The molecule has 0 amide bonds. The molecule has 24 heavy (non-hydrogen) atoms. The quantitative estimate of drug-likeness (QED) is 0.622. The zero-order valence-electron chi connectivity index (χ0n) is 12.6. The SMILES string of the molecule is CN=c1scc(-c2ccc(OC(F)F)cc2)n1/N=C\c1cccs1. The molecule has 2 heterocycles. The zero-order valence-corrected chi connectivity index (χ0v) is 14.2. The highest BCUT2D eigenvalue weighted by Gasteiger charge is 2.09. The van der Waals surface area contributed by atoms with Crippen LogP contribution >= 0.6 is 22.7 Å². The fourth-order valence-electron chi connectivity index (χ4n) is 2.05. The molecule has 3 rings (SSSR count). The van der Waals surface area contributed by atoms with E-state index in [0.717, 1.165) is 20.9 Å². The van der Waals surface area contributed by atoms with Crippen LogP contribution in [0.3, 0.4) is 0 Å².